The van der Waals surface area contributed by atoms with E-state index in [1.807, 2.05) is 12.1 Å². The van der Waals surface area contributed by atoms with Gasteiger partial charge in [-0.05, 0) is 78.1 Å². The van der Waals surface area contributed by atoms with Gasteiger partial charge in [-0.15, -0.1) is 0 Å². The highest BCUT2D eigenvalue weighted by atomic mass is 79.9. The number of anilines is 4. The third kappa shape index (κ3) is 7.28. The lowest BCUT2D eigenvalue weighted by atomic mass is 9.90. The lowest BCUT2D eigenvalue weighted by Crippen LogP contribution is -2.31. The summed E-state index contributed by atoms with van der Waals surface area (Å²) in [7, 11) is 3.07. The fourth-order valence-electron chi connectivity index (χ4n) is 6.17. The number of fused-ring (bicyclic) bond motifs is 2. The van der Waals surface area contributed by atoms with Crippen LogP contribution >= 0.6 is 62.3 Å². The van der Waals surface area contributed by atoms with Crippen molar-refractivity contribution in [3.8, 4) is 22.6 Å². The van der Waals surface area contributed by atoms with Gasteiger partial charge in [0, 0.05) is 41.1 Å². The summed E-state index contributed by atoms with van der Waals surface area (Å²) in [6.07, 6.45) is 1.65. The molecule has 2 amide bonds. The first kappa shape index (κ1) is 36.9. The van der Waals surface area contributed by atoms with Crippen molar-refractivity contribution in [1.29, 1.82) is 0 Å². The highest BCUT2D eigenvalue weighted by Gasteiger charge is 2.33. The van der Waals surface area contributed by atoms with E-state index in [9.17, 15) is 18.4 Å². The first-order valence-corrected chi connectivity index (χ1v) is 17.8. The summed E-state index contributed by atoms with van der Waals surface area (Å²) in [5.74, 6) is -0.505. The van der Waals surface area contributed by atoms with E-state index in [-0.39, 0.29) is 23.8 Å². The number of hydrogen-bond donors (Lipinski definition) is 0. The average molecular weight is 835 g/mol. The molecule has 0 aromatic heterocycles. The second-order valence-corrected chi connectivity index (χ2v) is 14.0. The van der Waals surface area contributed by atoms with Crippen LogP contribution in [0.3, 0.4) is 0 Å². The number of rotatable bonds is 5. The van der Waals surface area contributed by atoms with E-state index >= 15 is 0 Å². The van der Waals surface area contributed by atoms with Crippen molar-refractivity contribution in [2.24, 2.45) is 0 Å². The van der Waals surface area contributed by atoms with Crippen LogP contribution in [-0.2, 0) is 22.4 Å². The Labute approximate surface area is 321 Å². The molecular weight excluding hydrogens is 808 g/mol. The fourth-order valence-corrected chi connectivity index (χ4v) is 7.93. The van der Waals surface area contributed by atoms with Gasteiger partial charge in [-0.25, -0.2) is 8.78 Å². The Hall–Kier alpha value is -3.86. The highest BCUT2D eigenvalue weighted by molar-refractivity contribution is 9.10. The topological polar surface area (TPSA) is 59.1 Å². The molecule has 0 atom stereocenters. The van der Waals surface area contributed by atoms with Gasteiger partial charge in [-0.3, -0.25) is 19.4 Å². The van der Waals surface area contributed by atoms with Gasteiger partial charge in [0.25, 0.3) is 0 Å². The maximum Gasteiger partial charge on any atom is 0.231 e. The van der Waals surface area contributed by atoms with Crippen molar-refractivity contribution in [1.82, 2.24) is 0 Å². The highest BCUT2D eigenvalue weighted by Crippen LogP contribution is 2.47. The molecule has 0 saturated carbocycles. The van der Waals surface area contributed by atoms with Crippen LogP contribution in [-0.4, -0.2) is 26.0 Å². The van der Waals surface area contributed by atoms with Gasteiger partial charge in [0.2, 0.25) is 11.8 Å². The van der Waals surface area contributed by atoms with E-state index in [1.54, 1.807) is 60.5 Å². The number of halogens is 7. The molecule has 2 aliphatic rings. The number of nitrogens with zero attached hydrogens (tertiary/aromatic N) is 2. The first-order valence-electron chi connectivity index (χ1n) is 15.5. The Morgan fingerprint density at radius 2 is 1.08 bits per heavy atom. The van der Waals surface area contributed by atoms with Crippen molar-refractivity contribution in [2.75, 3.05) is 24.0 Å². The summed E-state index contributed by atoms with van der Waals surface area (Å²) in [5, 5.41) is 1.51. The zero-order valence-corrected chi connectivity index (χ0v) is 31.6. The molecule has 5 aromatic rings. The summed E-state index contributed by atoms with van der Waals surface area (Å²) in [6.45, 7) is 0. The largest absolute Gasteiger partial charge is 0.497 e. The van der Waals surface area contributed by atoms with Crippen LogP contribution in [0.15, 0.2) is 83.3 Å². The molecule has 0 bridgehead atoms. The minimum Gasteiger partial charge on any atom is -0.497 e. The van der Waals surface area contributed by atoms with E-state index in [4.69, 9.17) is 55.9 Å². The maximum atomic E-state index is 14.6. The maximum absolute atomic E-state index is 14.6. The van der Waals surface area contributed by atoms with E-state index < -0.39 is 11.6 Å². The molecule has 2 heterocycles. The van der Waals surface area contributed by atoms with Gasteiger partial charge in [0.15, 0.2) is 0 Å². The molecule has 0 unspecified atom stereocenters. The predicted octanol–water partition coefficient (Wildman–Crippen LogP) is 11.9. The number of amides is 2. The fraction of sp³-hybridized carbons (Fsp3) is 0.158. The normalized spacial score (nSPS) is 13.7. The van der Waals surface area contributed by atoms with Gasteiger partial charge in [-0.1, -0.05) is 74.5 Å². The number of methoxy groups -OCH3 is 2. The summed E-state index contributed by atoms with van der Waals surface area (Å²) in [6, 6.07) is 20.7. The van der Waals surface area contributed by atoms with E-state index in [2.05, 4.69) is 15.9 Å². The van der Waals surface area contributed by atoms with Gasteiger partial charge < -0.3 is 9.47 Å². The number of carbonyl (C=O) groups is 2. The van der Waals surface area contributed by atoms with Crippen molar-refractivity contribution >= 4 is 96.9 Å². The van der Waals surface area contributed by atoms with Gasteiger partial charge >= 0.3 is 0 Å². The smallest absolute Gasteiger partial charge is 0.231 e. The molecule has 5 aromatic carbocycles. The van der Waals surface area contributed by atoms with Gasteiger partial charge in [0.05, 0.1) is 57.1 Å². The Balaban J connectivity index is 0.000000183. The lowest BCUT2D eigenvalue weighted by Gasteiger charge is -2.32. The molecule has 0 radical (unpaired) electrons. The van der Waals surface area contributed by atoms with Crippen LogP contribution in [0.4, 0.5) is 31.5 Å². The van der Waals surface area contributed by atoms with Crippen molar-refractivity contribution in [2.45, 2.75) is 25.7 Å². The number of para-hydroxylation sites is 2. The lowest BCUT2D eigenvalue weighted by molar-refractivity contribution is -0.119. The van der Waals surface area contributed by atoms with Crippen molar-refractivity contribution < 1.29 is 27.8 Å². The van der Waals surface area contributed by atoms with E-state index in [1.165, 1.54) is 24.1 Å². The Morgan fingerprint density at radius 1 is 0.608 bits per heavy atom. The summed E-state index contributed by atoms with van der Waals surface area (Å²) >= 11 is 28.8. The second-order valence-electron chi connectivity index (χ2n) is 11.5. The zero-order chi connectivity index (χ0) is 36.6. The zero-order valence-electron chi connectivity index (χ0n) is 27.0. The molecule has 0 aliphatic carbocycles. The molecule has 6 nitrogen and oxygen atoms in total. The molecule has 51 heavy (non-hydrogen) atoms. The SMILES string of the molecule is COc1cc(-c2ccc(F)cc2F)c2c(c1)N(c1c(Cl)cccc1Cl)C(=O)CC2.COc1cc(Br)c2c(c1)N(c1c(Cl)cccc1Cl)C(=O)CC2. The molecule has 0 spiro atoms. The molecule has 13 heteroatoms. The Bertz CT molecular complexity index is 2160. The van der Waals surface area contributed by atoms with Crippen LogP contribution in [0.25, 0.3) is 11.1 Å². The number of benzene rings is 5. The van der Waals surface area contributed by atoms with Crippen molar-refractivity contribution in [3.63, 3.8) is 0 Å². The molecule has 262 valence electrons. The number of hydrogen-bond acceptors (Lipinski definition) is 4. The number of ether oxygens (including phenoxy) is 2. The Kier molecular flexibility index (Phi) is 11.1. The van der Waals surface area contributed by atoms with Crippen LogP contribution in [0.1, 0.15) is 24.0 Å². The minimum absolute atomic E-state index is 0.0392. The monoisotopic (exact) mass is 832 g/mol. The molecule has 2 aliphatic heterocycles. The predicted molar refractivity (Wildman–Crippen MR) is 203 cm³/mol. The third-order valence-corrected chi connectivity index (χ3v) is 10.4. The Morgan fingerprint density at radius 3 is 1.57 bits per heavy atom. The number of carbonyl (C=O) groups excluding carboxylic acids is 2. The second kappa shape index (κ2) is 15.4. The average Bonchev–Trinajstić information content (AvgIpc) is 3.09. The van der Waals surface area contributed by atoms with Crippen LogP contribution in [0.2, 0.25) is 20.1 Å². The quantitative estimate of drug-likeness (QED) is 0.177. The summed E-state index contributed by atoms with van der Waals surface area (Å²) in [4.78, 5) is 28.4. The summed E-state index contributed by atoms with van der Waals surface area (Å²) < 4.78 is 39.6. The first-order chi connectivity index (χ1) is 24.4. The van der Waals surface area contributed by atoms with Crippen LogP contribution in [0, 0.1) is 11.6 Å². The van der Waals surface area contributed by atoms with E-state index in [0.717, 1.165) is 27.4 Å². The third-order valence-electron chi connectivity index (χ3n) is 8.52. The molecule has 0 saturated heterocycles. The molecular formula is C38H27BrCl4F2N2O4. The molecule has 0 fully saturated rings. The summed E-state index contributed by atoms with van der Waals surface area (Å²) in [5.41, 5.74) is 4.64. The van der Waals surface area contributed by atoms with Crippen LogP contribution in [0.5, 0.6) is 11.5 Å². The van der Waals surface area contributed by atoms with Gasteiger partial charge in [0.1, 0.15) is 23.1 Å². The van der Waals surface area contributed by atoms with E-state index in [0.29, 0.717) is 73.5 Å². The van der Waals surface area contributed by atoms with Crippen molar-refractivity contribution in [3.05, 3.63) is 126 Å². The van der Waals surface area contributed by atoms with Crippen LogP contribution < -0.4 is 19.3 Å². The minimum atomic E-state index is -0.695. The van der Waals surface area contributed by atoms with Gasteiger partial charge in [-0.2, -0.15) is 0 Å². The standard InChI is InChI=1S/C22H15Cl2F2NO2.C16H12BrCl2NO2/c1-29-13-10-16(14-6-5-12(25)9-19(14)26)15-7-8-21(28)27(20(15)11-13)22-17(23)3-2-4-18(22)24;1-22-9-7-11(17)10-5-6-15(21)20(14(10)8-9)16-12(18)3-2-4-13(16)19/h2-6,9-11H,7-8H2,1H3;2-4,7-8H,5-6H2,1H3. The molecule has 7 rings (SSSR count). The molecule has 0 N–H and O–H groups in total.